The molecule has 96 valence electrons. The number of hydrogen-bond donors (Lipinski definition) is 2. The van der Waals surface area contributed by atoms with Crippen molar-refractivity contribution in [2.24, 2.45) is 11.8 Å². The summed E-state index contributed by atoms with van der Waals surface area (Å²) in [7, 11) is 0. The van der Waals surface area contributed by atoms with Crippen LogP contribution in [0.3, 0.4) is 0 Å². The van der Waals surface area contributed by atoms with Gasteiger partial charge in [-0.05, 0) is 43.0 Å². The number of likely N-dealkylation sites (tertiary alicyclic amines) is 1. The summed E-state index contributed by atoms with van der Waals surface area (Å²) in [4.78, 5) is 14.4. The van der Waals surface area contributed by atoms with Gasteiger partial charge in [0.1, 0.15) is 5.75 Å². The van der Waals surface area contributed by atoms with Crippen LogP contribution < -0.4 is 5.32 Å². The van der Waals surface area contributed by atoms with E-state index in [2.05, 4.69) is 12.2 Å². The lowest BCUT2D eigenvalue weighted by Gasteiger charge is -2.24. The van der Waals surface area contributed by atoms with E-state index in [0.717, 1.165) is 19.6 Å². The van der Waals surface area contributed by atoms with Crippen molar-refractivity contribution in [2.75, 3.05) is 19.6 Å². The number of amides is 1. The normalized spacial score (nSPS) is 30.5. The van der Waals surface area contributed by atoms with Gasteiger partial charge < -0.3 is 15.3 Å². The number of nitrogens with zero attached hydrogens (tertiary/aromatic N) is 1. The van der Waals surface area contributed by atoms with Gasteiger partial charge in [-0.1, -0.05) is 0 Å². The number of hydrogen-bond acceptors (Lipinski definition) is 3. The Morgan fingerprint density at radius 3 is 2.72 bits per heavy atom. The molecule has 4 nitrogen and oxygen atoms in total. The smallest absolute Gasteiger partial charge is 0.254 e. The minimum absolute atomic E-state index is 0.0805. The molecular weight excluding hydrogens is 228 g/mol. The zero-order valence-corrected chi connectivity index (χ0v) is 10.5. The van der Waals surface area contributed by atoms with Crippen molar-refractivity contribution in [2.45, 2.75) is 13.0 Å². The van der Waals surface area contributed by atoms with E-state index in [0.29, 0.717) is 23.4 Å². The van der Waals surface area contributed by atoms with Crippen LogP contribution in [0.2, 0.25) is 0 Å². The van der Waals surface area contributed by atoms with Crippen LogP contribution >= 0.6 is 0 Å². The first-order valence-corrected chi connectivity index (χ1v) is 6.47. The number of fused-ring (bicyclic) bond motifs is 1. The van der Waals surface area contributed by atoms with E-state index in [1.54, 1.807) is 24.3 Å². The lowest BCUT2D eigenvalue weighted by atomic mass is 9.95. The SMILES string of the molecule is CC1C2CNCC2CN1C(=O)c1ccc(O)cc1. The standard InChI is InChI=1S/C14H18N2O2/c1-9-13-7-15-6-11(13)8-16(9)14(18)10-2-4-12(17)5-3-10/h2-5,9,11,13,15,17H,6-8H2,1H3. The van der Waals surface area contributed by atoms with Gasteiger partial charge in [-0.2, -0.15) is 0 Å². The summed E-state index contributed by atoms with van der Waals surface area (Å²) in [5, 5.41) is 12.6. The molecule has 2 saturated heterocycles. The fraction of sp³-hybridized carbons (Fsp3) is 0.500. The van der Waals surface area contributed by atoms with Crippen LogP contribution in [0.4, 0.5) is 0 Å². The maximum absolute atomic E-state index is 12.4. The van der Waals surface area contributed by atoms with Crippen molar-refractivity contribution >= 4 is 5.91 Å². The van der Waals surface area contributed by atoms with Gasteiger partial charge in [0.15, 0.2) is 0 Å². The molecule has 2 aliphatic rings. The van der Waals surface area contributed by atoms with Crippen molar-refractivity contribution in [3.05, 3.63) is 29.8 Å². The van der Waals surface area contributed by atoms with Gasteiger partial charge in [0, 0.05) is 31.2 Å². The van der Waals surface area contributed by atoms with Gasteiger partial charge in [0.05, 0.1) is 0 Å². The number of benzene rings is 1. The largest absolute Gasteiger partial charge is 0.508 e. The molecule has 4 heteroatoms. The Balaban J connectivity index is 1.79. The van der Waals surface area contributed by atoms with Gasteiger partial charge >= 0.3 is 0 Å². The Morgan fingerprint density at radius 2 is 2.06 bits per heavy atom. The summed E-state index contributed by atoms with van der Waals surface area (Å²) in [6, 6.07) is 6.81. The number of phenols is 1. The molecule has 2 heterocycles. The summed E-state index contributed by atoms with van der Waals surface area (Å²) in [5.74, 6) is 1.46. The molecule has 0 bridgehead atoms. The van der Waals surface area contributed by atoms with Gasteiger partial charge in [0.25, 0.3) is 5.91 Å². The van der Waals surface area contributed by atoms with E-state index in [-0.39, 0.29) is 11.7 Å². The second-order valence-corrected chi connectivity index (χ2v) is 5.33. The van der Waals surface area contributed by atoms with E-state index in [9.17, 15) is 9.90 Å². The summed E-state index contributed by atoms with van der Waals surface area (Å²) in [6.07, 6.45) is 0. The molecule has 0 spiro atoms. The van der Waals surface area contributed by atoms with E-state index < -0.39 is 0 Å². The average molecular weight is 246 g/mol. The van der Waals surface area contributed by atoms with E-state index in [4.69, 9.17) is 0 Å². The highest BCUT2D eigenvalue weighted by Gasteiger charge is 2.43. The zero-order chi connectivity index (χ0) is 12.7. The highest BCUT2D eigenvalue weighted by Crippen LogP contribution is 2.33. The molecule has 3 atom stereocenters. The maximum Gasteiger partial charge on any atom is 0.254 e. The molecule has 2 N–H and O–H groups in total. The van der Waals surface area contributed by atoms with Crippen LogP contribution in [0, 0.1) is 11.8 Å². The van der Waals surface area contributed by atoms with Crippen LogP contribution in [-0.2, 0) is 0 Å². The van der Waals surface area contributed by atoms with E-state index in [1.165, 1.54) is 0 Å². The molecule has 1 amide bonds. The molecule has 2 aliphatic heterocycles. The second-order valence-electron chi connectivity index (χ2n) is 5.33. The third-order valence-electron chi connectivity index (χ3n) is 4.31. The number of aromatic hydroxyl groups is 1. The fourth-order valence-corrected chi connectivity index (χ4v) is 3.21. The Kier molecular flexibility index (Phi) is 2.74. The maximum atomic E-state index is 12.4. The van der Waals surface area contributed by atoms with Crippen LogP contribution in [-0.4, -0.2) is 41.6 Å². The van der Waals surface area contributed by atoms with Gasteiger partial charge in [-0.3, -0.25) is 4.79 Å². The van der Waals surface area contributed by atoms with Crippen molar-refractivity contribution in [3.8, 4) is 5.75 Å². The minimum Gasteiger partial charge on any atom is -0.508 e. The summed E-state index contributed by atoms with van der Waals surface area (Å²) in [5.41, 5.74) is 0.660. The predicted molar refractivity (Wildman–Crippen MR) is 68.5 cm³/mol. The van der Waals surface area contributed by atoms with Crippen LogP contribution in [0.5, 0.6) is 5.75 Å². The summed E-state index contributed by atoms with van der Waals surface area (Å²) < 4.78 is 0. The molecule has 2 fully saturated rings. The molecule has 0 saturated carbocycles. The third-order valence-corrected chi connectivity index (χ3v) is 4.31. The Labute approximate surface area is 107 Å². The Morgan fingerprint density at radius 1 is 1.33 bits per heavy atom. The Bertz CT molecular complexity index is 457. The molecule has 0 radical (unpaired) electrons. The van der Waals surface area contributed by atoms with E-state index >= 15 is 0 Å². The lowest BCUT2D eigenvalue weighted by molar-refractivity contribution is 0.0728. The molecule has 18 heavy (non-hydrogen) atoms. The first-order valence-electron chi connectivity index (χ1n) is 6.47. The lowest BCUT2D eigenvalue weighted by Crippen LogP contribution is -2.38. The topological polar surface area (TPSA) is 52.6 Å². The first kappa shape index (κ1) is 11.5. The van der Waals surface area contributed by atoms with Crippen LogP contribution in [0.25, 0.3) is 0 Å². The average Bonchev–Trinajstić information content (AvgIpc) is 2.93. The van der Waals surface area contributed by atoms with Crippen LogP contribution in [0.1, 0.15) is 17.3 Å². The monoisotopic (exact) mass is 246 g/mol. The third kappa shape index (κ3) is 1.77. The highest BCUT2D eigenvalue weighted by molar-refractivity contribution is 5.94. The molecular formula is C14H18N2O2. The minimum atomic E-state index is 0.0805. The van der Waals surface area contributed by atoms with Gasteiger partial charge in [0.2, 0.25) is 0 Å². The molecule has 1 aromatic rings. The Hall–Kier alpha value is -1.55. The number of carbonyl (C=O) groups is 1. The fourth-order valence-electron chi connectivity index (χ4n) is 3.21. The van der Waals surface area contributed by atoms with Crippen molar-refractivity contribution in [3.63, 3.8) is 0 Å². The number of phenolic OH excluding ortho intramolecular Hbond substituents is 1. The first-order chi connectivity index (χ1) is 8.66. The summed E-state index contributed by atoms with van der Waals surface area (Å²) in [6.45, 7) is 5.02. The van der Waals surface area contributed by atoms with Crippen molar-refractivity contribution in [1.82, 2.24) is 10.2 Å². The molecule has 0 aromatic heterocycles. The zero-order valence-electron chi connectivity index (χ0n) is 10.5. The molecule has 1 aromatic carbocycles. The number of rotatable bonds is 1. The summed E-state index contributed by atoms with van der Waals surface area (Å²) >= 11 is 0. The molecule has 0 aliphatic carbocycles. The van der Waals surface area contributed by atoms with Crippen molar-refractivity contribution < 1.29 is 9.90 Å². The predicted octanol–water partition coefficient (Wildman–Crippen LogP) is 1.07. The van der Waals surface area contributed by atoms with Gasteiger partial charge in [-0.25, -0.2) is 0 Å². The number of nitrogens with one attached hydrogen (secondary N) is 1. The van der Waals surface area contributed by atoms with Crippen molar-refractivity contribution in [1.29, 1.82) is 0 Å². The molecule has 3 rings (SSSR count). The van der Waals surface area contributed by atoms with Gasteiger partial charge in [-0.15, -0.1) is 0 Å². The van der Waals surface area contributed by atoms with E-state index in [1.807, 2.05) is 4.90 Å². The highest BCUT2D eigenvalue weighted by atomic mass is 16.3. The molecule has 3 unspecified atom stereocenters. The number of carbonyl (C=O) groups excluding carboxylic acids is 1. The quantitative estimate of drug-likeness (QED) is 0.779. The second kappa shape index (κ2) is 4.28. The van der Waals surface area contributed by atoms with Crippen LogP contribution in [0.15, 0.2) is 24.3 Å².